The van der Waals surface area contributed by atoms with Crippen molar-refractivity contribution in [3.63, 3.8) is 0 Å². The molecule has 2 aromatic carbocycles. The number of halogens is 1. The number of benzene rings is 2. The summed E-state index contributed by atoms with van der Waals surface area (Å²) in [5, 5.41) is 3.93. The lowest BCUT2D eigenvalue weighted by Gasteiger charge is -2.23. The predicted molar refractivity (Wildman–Crippen MR) is 106 cm³/mol. The average Bonchev–Trinajstić information content (AvgIpc) is 3.51. The molecule has 1 heterocycles. The molecule has 0 aliphatic heterocycles. The summed E-state index contributed by atoms with van der Waals surface area (Å²) >= 11 is 0. The van der Waals surface area contributed by atoms with E-state index in [1.807, 2.05) is 30.9 Å². The Morgan fingerprint density at radius 3 is 2.62 bits per heavy atom. The van der Waals surface area contributed by atoms with Gasteiger partial charge in [0.25, 0.3) is 5.91 Å². The van der Waals surface area contributed by atoms with Crippen LogP contribution >= 0.6 is 0 Å². The minimum Gasteiger partial charge on any atom is -0.489 e. The van der Waals surface area contributed by atoms with Crippen LogP contribution in [0.1, 0.15) is 45.8 Å². The smallest absolute Gasteiger partial charge is 0.254 e. The van der Waals surface area contributed by atoms with Crippen molar-refractivity contribution < 1.29 is 18.4 Å². The molecule has 0 saturated heterocycles. The van der Waals surface area contributed by atoms with Gasteiger partial charge in [-0.25, -0.2) is 4.39 Å². The fourth-order valence-corrected chi connectivity index (χ4v) is 3.29. The molecular weight excluding hydrogens is 371 g/mol. The minimum atomic E-state index is -0.277. The number of hydrogen-bond donors (Lipinski definition) is 0. The minimum absolute atomic E-state index is 0.0420. The van der Waals surface area contributed by atoms with Gasteiger partial charge in [-0.3, -0.25) is 4.79 Å². The highest BCUT2D eigenvalue weighted by molar-refractivity contribution is 5.95. The first kappa shape index (κ1) is 19.2. The molecule has 0 N–H and O–H groups in total. The van der Waals surface area contributed by atoms with Crippen molar-refractivity contribution in [2.24, 2.45) is 0 Å². The predicted octanol–water partition coefficient (Wildman–Crippen LogP) is 4.81. The molecule has 1 aliphatic rings. The Morgan fingerprint density at radius 1 is 1.21 bits per heavy atom. The van der Waals surface area contributed by atoms with Gasteiger partial charge in [-0.2, -0.15) is 0 Å². The second kappa shape index (κ2) is 8.07. The first-order chi connectivity index (χ1) is 14.0. The van der Waals surface area contributed by atoms with Crippen molar-refractivity contribution in [1.29, 1.82) is 0 Å². The highest BCUT2D eigenvalue weighted by atomic mass is 19.1. The van der Waals surface area contributed by atoms with Gasteiger partial charge in [0.1, 0.15) is 23.9 Å². The van der Waals surface area contributed by atoms with E-state index in [4.69, 9.17) is 9.26 Å². The van der Waals surface area contributed by atoms with Gasteiger partial charge in [0.2, 0.25) is 0 Å². The van der Waals surface area contributed by atoms with E-state index in [0.29, 0.717) is 24.5 Å². The molecule has 150 valence electrons. The van der Waals surface area contributed by atoms with Crippen LogP contribution in [0.25, 0.3) is 0 Å². The van der Waals surface area contributed by atoms with Gasteiger partial charge in [-0.05, 0) is 62.6 Å². The number of nitrogens with zero attached hydrogens (tertiary/aromatic N) is 2. The summed E-state index contributed by atoms with van der Waals surface area (Å²) in [6.07, 6.45) is 1.99. The van der Waals surface area contributed by atoms with Crippen LogP contribution in [0.2, 0.25) is 0 Å². The molecule has 1 fully saturated rings. The number of aryl methyl sites for hydroxylation is 2. The zero-order chi connectivity index (χ0) is 20.4. The molecule has 29 heavy (non-hydrogen) atoms. The SMILES string of the molecule is Cc1noc(C)c1COc1cccc(C(=O)N(Cc2ccc(F)cc2)C2CC2)c1. The summed E-state index contributed by atoms with van der Waals surface area (Å²) in [5.74, 6) is 1.03. The number of ether oxygens (including phenoxy) is 1. The quantitative estimate of drug-likeness (QED) is 0.577. The van der Waals surface area contributed by atoms with Gasteiger partial charge in [0.05, 0.1) is 11.3 Å². The molecule has 1 aromatic heterocycles. The maximum atomic E-state index is 13.2. The largest absolute Gasteiger partial charge is 0.489 e. The standard InChI is InChI=1S/C23H23FN2O3/c1-15-22(16(2)29-25-15)14-28-21-5-3-4-18(12-21)23(27)26(20-10-11-20)13-17-6-8-19(24)9-7-17/h3-9,12,20H,10-11,13-14H2,1-2H3. The average molecular weight is 394 g/mol. The van der Waals surface area contributed by atoms with Crippen LogP contribution in [-0.4, -0.2) is 22.0 Å². The molecule has 0 spiro atoms. The van der Waals surface area contributed by atoms with Crippen molar-refractivity contribution in [3.8, 4) is 5.75 Å². The Bertz CT molecular complexity index is 990. The molecule has 5 nitrogen and oxygen atoms in total. The number of hydrogen-bond acceptors (Lipinski definition) is 4. The van der Waals surface area contributed by atoms with Crippen molar-refractivity contribution >= 4 is 5.91 Å². The molecule has 0 unspecified atom stereocenters. The van der Waals surface area contributed by atoms with E-state index in [1.165, 1.54) is 12.1 Å². The third kappa shape index (κ3) is 4.47. The Morgan fingerprint density at radius 2 is 1.97 bits per heavy atom. The first-order valence-electron chi connectivity index (χ1n) is 9.71. The molecule has 6 heteroatoms. The lowest BCUT2D eigenvalue weighted by molar-refractivity contribution is 0.0729. The van der Waals surface area contributed by atoms with Gasteiger partial charge < -0.3 is 14.2 Å². The van der Waals surface area contributed by atoms with Crippen LogP contribution in [0, 0.1) is 19.7 Å². The maximum Gasteiger partial charge on any atom is 0.254 e. The van der Waals surface area contributed by atoms with Gasteiger partial charge >= 0.3 is 0 Å². The molecule has 3 aromatic rings. The summed E-state index contributed by atoms with van der Waals surface area (Å²) in [7, 11) is 0. The molecule has 1 saturated carbocycles. The van der Waals surface area contributed by atoms with Crippen molar-refractivity contribution in [3.05, 3.63) is 82.5 Å². The normalized spacial score (nSPS) is 13.3. The topological polar surface area (TPSA) is 55.6 Å². The van der Waals surface area contributed by atoms with Crippen LogP contribution in [0.5, 0.6) is 5.75 Å². The van der Waals surface area contributed by atoms with E-state index in [2.05, 4.69) is 5.16 Å². The number of carbonyl (C=O) groups is 1. The Labute approximate surface area is 169 Å². The molecule has 0 radical (unpaired) electrons. The van der Waals surface area contributed by atoms with Gasteiger partial charge in [0, 0.05) is 18.2 Å². The summed E-state index contributed by atoms with van der Waals surface area (Å²) in [6.45, 7) is 4.52. The van der Waals surface area contributed by atoms with Gasteiger partial charge in [-0.1, -0.05) is 23.4 Å². The van der Waals surface area contributed by atoms with Crippen LogP contribution in [-0.2, 0) is 13.2 Å². The van der Waals surface area contributed by atoms with E-state index in [9.17, 15) is 9.18 Å². The molecular formula is C23H23FN2O3. The van der Waals surface area contributed by atoms with Crippen molar-refractivity contribution in [2.45, 2.75) is 45.9 Å². The number of carbonyl (C=O) groups excluding carboxylic acids is 1. The lowest BCUT2D eigenvalue weighted by Crippen LogP contribution is -2.32. The summed E-state index contributed by atoms with van der Waals surface area (Å²) in [6, 6.07) is 13.7. The summed E-state index contributed by atoms with van der Waals surface area (Å²) < 4.78 is 24.2. The maximum absolute atomic E-state index is 13.2. The molecule has 0 atom stereocenters. The highest BCUT2D eigenvalue weighted by Crippen LogP contribution is 2.30. The van der Waals surface area contributed by atoms with E-state index in [1.54, 1.807) is 24.3 Å². The Kier molecular flexibility index (Phi) is 5.34. The Balaban J connectivity index is 1.48. The van der Waals surface area contributed by atoms with Gasteiger partial charge in [0.15, 0.2) is 0 Å². The number of amides is 1. The second-order valence-corrected chi connectivity index (χ2v) is 7.41. The van der Waals surface area contributed by atoms with Crippen molar-refractivity contribution in [1.82, 2.24) is 10.1 Å². The van der Waals surface area contributed by atoms with Crippen LogP contribution in [0.3, 0.4) is 0 Å². The highest BCUT2D eigenvalue weighted by Gasteiger charge is 2.33. The molecule has 1 amide bonds. The summed E-state index contributed by atoms with van der Waals surface area (Å²) in [4.78, 5) is 15.0. The van der Waals surface area contributed by atoms with Crippen molar-refractivity contribution in [2.75, 3.05) is 0 Å². The fraction of sp³-hybridized carbons (Fsp3) is 0.304. The third-order valence-corrected chi connectivity index (χ3v) is 5.16. The van der Waals surface area contributed by atoms with Crippen LogP contribution in [0.4, 0.5) is 4.39 Å². The second-order valence-electron chi connectivity index (χ2n) is 7.41. The molecule has 1 aliphatic carbocycles. The van der Waals surface area contributed by atoms with Crippen LogP contribution in [0.15, 0.2) is 53.1 Å². The van der Waals surface area contributed by atoms with E-state index < -0.39 is 0 Å². The third-order valence-electron chi connectivity index (χ3n) is 5.16. The fourth-order valence-electron chi connectivity index (χ4n) is 3.29. The van der Waals surface area contributed by atoms with Gasteiger partial charge in [-0.15, -0.1) is 0 Å². The number of rotatable bonds is 7. The summed E-state index contributed by atoms with van der Waals surface area (Å²) in [5.41, 5.74) is 3.21. The van der Waals surface area contributed by atoms with Crippen LogP contribution < -0.4 is 4.74 Å². The van der Waals surface area contributed by atoms with E-state index in [-0.39, 0.29) is 17.8 Å². The zero-order valence-corrected chi connectivity index (χ0v) is 16.5. The van der Waals surface area contributed by atoms with E-state index >= 15 is 0 Å². The molecule has 0 bridgehead atoms. The zero-order valence-electron chi connectivity index (χ0n) is 16.5. The Hall–Kier alpha value is -3.15. The molecule has 4 rings (SSSR count). The number of aromatic nitrogens is 1. The monoisotopic (exact) mass is 394 g/mol. The lowest BCUT2D eigenvalue weighted by atomic mass is 10.1. The first-order valence-corrected chi connectivity index (χ1v) is 9.71. The van der Waals surface area contributed by atoms with E-state index in [0.717, 1.165) is 35.4 Å².